The molecule has 0 N–H and O–H groups in total. The highest BCUT2D eigenvalue weighted by atomic mass is 16.1. The highest BCUT2D eigenvalue weighted by Gasteiger charge is 2.19. The van der Waals surface area contributed by atoms with Crippen molar-refractivity contribution in [1.82, 2.24) is 9.55 Å². The Kier molecular flexibility index (Phi) is 3.31. The Balaban J connectivity index is 1.81. The van der Waals surface area contributed by atoms with Gasteiger partial charge in [-0.2, -0.15) is 0 Å². The lowest BCUT2D eigenvalue weighted by Gasteiger charge is -2.24. The first-order valence-electron chi connectivity index (χ1n) is 6.67. The third kappa shape index (κ3) is 2.52. The van der Waals surface area contributed by atoms with Gasteiger partial charge in [0.2, 0.25) is 0 Å². The molecule has 1 aliphatic rings. The largest absolute Gasteiger partial charge is 0.369 e. The SMILES string of the molecule is O=C1CCCN(CCn2ccnc2)c2ccccc21. The van der Waals surface area contributed by atoms with Gasteiger partial charge in [0, 0.05) is 49.7 Å². The molecule has 4 nitrogen and oxygen atoms in total. The molecular formula is C15H17N3O. The molecule has 0 radical (unpaired) electrons. The maximum atomic E-state index is 12.0. The van der Waals surface area contributed by atoms with E-state index in [9.17, 15) is 4.79 Å². The molecule has 0 spiro atoms. The van der Waals surface area contributed by atoms with E-state index < -0.39 is 0 Å². The van der Waals surface area contributed by atoms with Gasteiger partial charge in [-0.15, -0.1) is 0 Å². The summed E-state index contributed by atoms with van der Waals surface area (Å²) in [6.45, 7) is 2.74. The van der Waals surface area contributed by atoms with Crippen LogP contribution in [0.5, 0.6) is 0 Å². The Labute approximate surface area is 112 Å². The van der Waals surface area contributed by atoms with Crippen LogP contribution in [-0.2, 0) is 6.54 Å². The van der Waals surface area contributed by atoms with Gasteiger partial charge in [-0.3, -0.25) is 4.79 Å². The average molecular weight is 255 g/mol. The van der Waals surface area contributed by atoms with Crippen molar-refractivity contribution in [2.45, 2.75) is 19.4 Å². The molecular weight excluding hydrogens is 238 g/mol. The van der Waals surface area contributed by atoms with Gasteiger partial charge in [-0.1, -0.05) is 12.1 Å². The summed E-state index contributed by atoms with van der Waals surface area (Å²) < 4.78 is 2.06. The van der Waals surface area contributed by atoms with E-state index in [0.29, 0.717) is 6.42 Å². The number of carbonyl (C=O) groups is 1. The smallest absolute Gasteiger partial charge is 0.165 e. The molecule has 0 fully saturated rings. The number of rotatable bonds is 3. The predicted octanol–water partition coefficient (Wildman–Crippen LogP) is 2.37. The van der Waals surface area contributed by atoms with Crippen molar-refractivity contribution in [1.29, 1.82) is 0 Å². The van der Waals surface area contributed by atoms with Crippen LogP contribution in [0.3, 0.4) is 0 Å². The van der Waals surface area contributed by atoms with Crippen molar-refractivity contribution >= 4 is 11.5 Å². The van der Waals surface area contributed by atoms with E-state index in [4.69, 9.17) is 0 Å². The zero-order chi connectivity index (χ0) is 13.1. The third-order valence-corrected chi connectivity index (χ3v) is 3.56. The van der Waals surface area contributed by atoms with Crippen LogP contribution in [0.4, 0.5) is 5.69 Å². The van der Waals surface area contributed by atoms with Gasteiger partial charge in [-0.05, 0) is 18.6 Å². The fraction of sp³-hybridized carbons (Fsp3) is 0.333. The molecule has 0 saturated heterocycles. The molecule has 3 rings (SSSR count). The van der Waals surface area contributed by atoms with Gasteiger partial charge in [-0.25, -0.2) is 4.98 Å². The van der Waals surface area contributed by atoms with E-state index in [1.807, 2.05) is 36.8 Å². The van der Waals surface area contributed by atoms with E-state index in [1.54, 1.807) is 6.20 Å². The van der Waals surface area contributed by atoms with Crippen molar-refractivity contribution in [3.63, 3.8) is 0 Å². The lowest BCUT2D eigenvalue weighted by molar-refractivity contribution is 0.0984. The first-order chi connectivity index (χ1) is 9.34. The molecule has 98 valence electrons. The molecule has 2 heterocycles. The molecule has 19 heavy (non-hydrogen) atoms. The lowest BCUT2D eigenvalue weighted by atomic mass is 10.1. The Morgan fingerprint density at radius 3 is 2.95 bits per heavy atom. The van der Waals surface area contributed by atoms with E-state index in [-0.39, 0.29) is 5.78 Å². The van der Waals surface area contributed by atoms with Gasteiger partial charge in [0.25, 0.3) is 0 Å². The molecule has 1 aromatic heterocycles. The van der Waals surface area contributed by atoms with Crippen LogP contribution in [0.25, 0.3) is 0 Å². The topological polar surface area (TPSA) is 38.1 Å². The van der Waals surface area contributed by atoms with Crippen molar-refractivity contribution in [3.8, 4) is 0 Å². The number of para-hydroxylation sites is 1. The summed E-state index contributed by atoms with van der Waals surface area (Å²) in [5, 5.41) is 0. The minimum absolute atomic E-state index is 0.265. The number of Topliss-reactive ketones (excluding diaryl/α,β-unsaturated/α-hetero) is 1. The zero-order valence-electron chi connectivity index (χ0n) is 10.8. The maximum absolute atomic E-state index is 12.0. The van der Waals surface area contributed by atoms with Gasteiger partial charge in [0.05, 0.1) is 6.33 Å². The van der Waals surface area contributed by atoms with Gasteiger partial charge < -0.3 is 9.47 Å². The summed E-state index contributed by atoms with van der Waals surface area (Å²) in [6, 6.07) is 7.93. The Hall–Kier alpha value is -2.10. The van der Waals surface area contributed by atoms with Gasteiger partial charge in [0.1, 0.15) is 0 Å². The number of hydrogen-bond acceptors (Lipinski definition) is 3. The number of carbonyl (C=O) groups excluding carboxylic acids is 1. The number of benzene rings is 1. The second-order valence-corrected chi connectivity index (χ2v) is 4.83. The minimum atomic E-state index is 0.265. The van der Waals surface area contributed by atoms with Crippen molar-refractivity contribution < 1.29 is 4.79 Å². The second-order valence-electron chi connectivity index (χ2n) is 4.83. The summed E-state index contributed by atoms with van der Waals surface area (Å²) >= 11 is 0. The summed E-state index contributed by atoms with van der Waals surface area (Å²) in [4.78, 5) is 18.4. The molecule has 4 heteroatoms. The molecule has 1 aliphatic heterocycles. The van der Waals surface area contributed by atoms with Gasteiger partial charge >= 0.3 is 0 Å². The Morgan fingerprint density at radius 1 is 1.21 bits per heavy atom. The summed E-state index contributed by atoms with van der Waals surface area (Å²) in [5.74, 6) is 0.265. The number of fused-ring (bicyclic) bond motifs is 1. The zero-order valence-corrected chi connectivity index (χ0v) is 10.8. The second kappa shape index (κ2) is 5.26. The Bertz CT molecular complexity index is 563. The quantitative estimate of drug-likeness (QED) is 0.845. The normalized spacial score (nSPS) is 15.2. The molecule has 0 amide bonds. The van der Waals surface area contributed by atoms with Crippen molar-refractivity contribution in [2.75, 3.05) is 18.0 Å². The average Bonchev–Trinajstić information content (AvgIpc) is 2.90. The number of ketones is 1. The highest BCUT2D eigenvalue weighted by molar-refractivity contribution is 6.01. The molecule has 0 atom stereocenters. The first kappa shape index (κ1) is 12.0. The molecule has 0 saturated carbocycles. The van der Waals surface area contributed by atoms with Crippen LogP contribution in [0.1, 0.15) is 23.2 Å². The summed E-state index contributed by atoms with van der Waals surface area (Å²) in [5.41, 5.74) is 1.94. The standard InChI is InChI=1S/C15H17N3O/c19-15-6-3-8-18(11-10-17-9-7-16-12-17)14-5-2-1-4-13(14)15/h1-2,4-5,7,9,12H,3,6,8,10-11H2. The first-order valence-corrected chi connectivity index (χ1v) is 6.67. The lowest BCUT2D eigenvalue weighted by Crippen LogP contribution is -2.28. The van der Waals surface area contributed by atoms with Crippen LogP contribution in [-0.4, -0.2) is 28.4 Å². The minimum Gasteiger partial charge on any atom is -0.369 e. The maximum Gasteiger partial charge on any atom is 0.165 e. The van der Waals surface area contributed by atoms with Crippen molar-refractivity contribution in [2.24, 2.45) is 0 Å². The predicted molar refractivity (Wildman–Crippen MR) is 74.4 cm³/mol. The summed E-state index contributed by atoms with van der Waals surface area (Å²) in [7, 11) is 0. The molecule has 0 bridgehead atoms. The molecule has 1 aromatic carbocycles. The van der Waals surface area contributed by atoms with Crippen LogP contribution in [0.15, 0.2) is 43.0 Å². The van der Waals surface area contributed by atoms with E-state index >= 15 is 0 Å². The monoisotopic (exact) mass is 255 g/mol. The molecule has 0 unspecified atom stereocenters. The molecule has 0 aliphatic carbocycles. The number of imidazole rings is 1. The number of anilines is 1. The van der Waals surface area contributed by atoms with Crippen LogP contribution in [0.2, 0.25) is 0 Å². The van der Waals surface area contributed by atoms with Crippen LogP contribution in [0, 0.1) is 0 Å². The van der Waals surface area contributed by atoms with E-state index in [0.717, 1.165) is 37.3 Å². The van der Waals surface area contributed by atoms with Crippen LogP contribution >= 0.6 is 0 Å². The molecule has 2 aromatic rings. The van der Waals surface area contributed by atoms with E-state index in [1.165, 1.54) is 0 Å². The summed E-state index contributed by atoms with van der Waals surface area (Å²) in [6.07, 6.45) is 7.17. The highest BCUT2D eigenvalue weighted by Crippen LogP contribution is 2.25. The third-order valence-electron chi connectivity index (χ3n) is 3.56. The van der Waals surface area contributed by atoms with Crippen LogP contribution < -0.4 is 4.90 Å². The number of aromatic nitrogens is 2. The fourth-order valence-corrected chi connectivity index (χ4v) is 2.56. The fourth-order valence-electron chi connectivity index (χ4n) is 2.56. The van der Waals surface area contributed by atoms with Gasteiger partial charge in [0.15, 0.2) is 5.78 Å². The van der Waals surface area contributed by atoms with E-state index in [2.05, 4.69) is 14.5 Å². The Morgan fingerprint density at radius 2 is 2.11 bits per heavy atom. The number of hydrogen-bond donors (Lipinski definition) is 0. The van der Waals surface area contributed by atoms with Crippen molar-refractivity contribution in [3.05, 3.63) is 48.5 Å². The number of nitrogens with zero attached hydrogens (tertiary/aromatic N) is 3.